The molecule has 0 spiro atoms. The Morgan fingerprint density at radius 3 is 1.95 bits per heavy atom. The van der Waals surface area contributed by atoms with Crippen molar-refractivity contribution in [2.45, 2.75) is 32.4 Å². The molecule has 222 valence electrons. The van der Waals surface area contributed by atoms with Gasteiger partial charge in [0.25, 0.3) is 11.8 Å². The van der Waals surface area contributed by atoms with E-state index in [1.807, 2.05) is 37.3 Å². The molecule has 3 aromatic rings. The maximum Gasteiger partial charge on any atom is 0.490 e. The van der Waals surface area contributed by atoms with Crippen LogP contribution in [0.5, 0.6) is 0 Å². The Labute approximate surface area is 241 Å². The van der Waals surface area contributed by atoms with E-state index in [2.05, 4.69) is 22.8 Å². The number of nitrogens with zero attached hydrogens (tertiary/aromatic N) is 1. The molecule has 3 amide bonds. The van der Waals surface area contributed by atoms with Crippen molar-refractivity contribution in [1.82, 2.24) is 10.2 Å². The van der Waals surface area contributed by atoms with Gasteiger partial charge in [-0.15, -0.1) is 0 Å². The van der Waals surface area contributed by atoms with Crippen molar-refractivity contribution in [3.63, 3.8) is 0 Å². The lowest BCUT2D eigenvalue weighted by atomic mass is 9.95. The molecule has 11 heteroatoms. The fraction of sp³-hybridized carbons (Fsp3) is 0.290. The molecule has 3 N–H and O–H groups in total. The summed E-state index contributed by atoms with van der Waals surface area (Å²) >= 11 is 0. The number of rotatable bonds is 7. The molecule has 1 fully saturated rings. The van der Waals surface area contributed by atoms with Gasteiger partial charge in [0.05, 0.1) is 0 Å². The van der Waals surface area contributed by atoms with Gasteiger partial charge in [-0.05, 0) is 68.1 Å². The molecule has 0 saturated carbocycles. The van der Waals surface area contributed by atoms with Gasteiger partial charge < -0.3 is 20.6 Å². The molecule has 1 heterocycles. The number of carboxylic acids is 1. The molecule has 8 nitrogen and oxygen atoms in total. The summed E-state index contributed by atoms with van der Waals surface area (Å²) < 4.78 is 31.7. The van der Waals surface area contributed by atoms with Crippen LogP contribution in [0.25, 0.3) is 0 Å². The number of hydrogen-bond donors (Lipinski definition) is 3. The number of amides is 3. The van der Waals surface area contributed by atoms with E-state index in [9.17, 15) is 27.6 Å². The molecule has 1 saturated heterocycles. The Hall–Kier alpha value is -4.67. The van der Waals surface area contributed by atoms with Gasteiger partial charge in [-0.1, -0.05) is 48.0 Å². The number of carbonyl (C=O) groups excluding carboxylic acids is 3. The van der Waals surface area contributed by atoms with Gasteiger partial charge in [-0.25, -0.2) is 4.79 Å². The third-order valence-electron chi connectivity index (χ3n) is 6.65. The monoisotopic (exact) mass is 583 g/mol. The summed E-state index contributed by atoms with van der Waals surface area (Å²) in [6, 6.07) is 24.4. The van der Waals surface area contributed by atoms with Crippen molar-refractivity contribution in [3.8, 4) is 0 Å². The minimum atomic E-state index is -5.08. The lowest BCUT2D eigenvalue weighted by Gasteiger charge is -2.31. The highest BCUT2D eigenvalue weighted by Crippen LogP contribution is 2.20. The van der Waals surface area contributed by atoms with Crippen molar-refractivity contribution in [1.29, 1.82) is 0 Å². The summed E-state index contributed by atoms with van der Waals surface area (Å²) in [7, 11) is 0. The summed E-state index contributed by atoms with van der Waals surface area (Å²) in [4.78, 5) is 48.6. The number of aryl methyl sites for hydroxylation is 1. The van der Waals surface area contributed by atoms with Crippen LogP contribution in [0.3, 0.4) is 0 Å². The quantitative estimate of drug-likeness (QED) is 0.358. The van der Waals surface area contributed by atoms with Gasteiger partial charge in [0.2, 0.25) is 5.91 Å². The lowest BCUT2D eigenvalue weighted by Crippen LogP contribution is -2.43. The zero-order chi connectivity index (χ0) is 30.7. The summed E-state index contributed by atoms with van der Waals surface area (Å²) in [5.74, 6) is -2.99. The predicted octanol–water partition coefficient (Wildman–Crippen LogP) is 5.09. The summed E-state index contributed by atoms with van der Waals surface area (Å²) in [6.45, 7) is 3.71. The molecule has 42 heavy (non-hydrogen) atoms. The van der Waals surface area contributed by atoms with E-state index in [-0.39, 0.29) is 23.6 Å². The summed E-state index contributed by atoms with van der Waals surface area (Å²) in [6.07, 6.45) is -2.95. The second-order valence-corrected chi connectivity index (χ2v) is 9.79. The average Bonchev–Trinajstić information content (AvgIpc) is 2.98. The van der Waals surface area contributed by atoms with E-state index in [0.29, 0.717) is 49.3 Å². The number of carbonyl (C=O) groups is 4. The van der Waals surface area contributed by atoms with Crippen LogP contribution >= 0.6 is 0 Å². The van der Waals surface area contributed by atoms with Crippen LogP contribution in [-0.2, 0) is 16.0 Å². The van der Waals surface area contributed by atoms with Gasteiger partial charge in [-0.3, -0.25) is 14.4 Å². The molecule has 1 aliphatic heterocycles. The SMILES string of the molecule is Cc1ccc(C(=O)Nc2ccc(C(=O)N3CCC(C(=O)NCCc4ccccc4)CC3)cc2)cc1.O=C(O)C(F)(F)F. The first kappa shape index (κ1) is 31.9. The highest BCUT2D eigenvalue weighted by atomic mass is 19.4. The number of benzene rings is 3. The Kier molecular flexibility index (Phi) is 11.2. The van der Waals surface area contributed by atoms with Crippen LogP contribution in [0.2, 0.25) is 0 Å². The molecule has 0 bridgehead atoms. The first-order valence-electron chi connectivity index (χ1n) is 13.3. The van der Waals surface area contributed by atoms with Crippen molar-refractivity contribution in [2.24, 2.45) is 5.92 Å². The second kappa shape index (κ2) is 14.8. The van der Waals surface area contributed by atoms with Crippen molar-refractivity contribution in [2.75, 3.05) is 25.0 Å². The first-order valence-corrected chi connectivity index (χ1v) is 13.3. The van der Waals surface area contributed by atoms with Crippen LogP contribution in [-0.4, -0.2) is 59.5 Å². The largest absolute Gasteiger partial charge is 0.490 e. The molecule has 4 rings (SSSR count). The number of aliphatic carboxylic acids is 1. The third-order valence-corrected chi connectivity index (χ3v) is 6.65. The van der Waals surface area contributed by atoms with Gasteiger partial charge in [0.15, 0.2) is 0 Å². The van der Waals surface area contributed by atoms with Crippen molar-refractivity contribution < 1.29 is 37.5 Å². The summed E-state index contributed by atoms with van der Waals surface area (Å²) in [5, 5.41) is 13.0. The molecule has 1 aliphatic rings. The van der Waals surface area contributed by atoms with Gasteiger partial charge >= 0.3 is 12.1 Å². The maximum atomic E-state index is 12.9. The molecular formula is C31H32F3N3O5. The Balaban J connectivity index is 0.000000616. The first-order chi connectivity index (χ1) is 19.9. The number of alkyl halides is 3. The van der Waals surface area contributed by atoms with Crippen LogP contribution in [0.15, 0.2) is 78.9 Å². The number of carboxylic acid groups (broad SMARTS) is 1. The molecule has 0 radical (unpaired) electrons. The smallest absolute Gasteiger partial charge is 0.475 e. The third kappa shape index (κ3) is 9.76. The van der Waals surface area contributed by atoms with Crippen LogP contribution in [0.1, 0.15) is 44.7 Å². The van der Waals surface area contributed by atoms with E-state index in [1.54, 1.807) is 41.3 Å². The topological polar surface area (TPSA) is 116 Å². The Morgan fingerprint density at radius 1 is 0.857 bits per heavy atom. The van der Waals surface area contributed by atoms with E-state index < -0.39 is 12.1 Å². The molecule has 0 atom stereocenters. The van der Waals surface area contributed by atoms with E-state index >= 15 is 0 Å². The predicted molar refractivity (Wildman–Crippen MR) is 151 cm³/mol. The lowest BCUT2D eigenvalue weighted by molar-refractivity contribution is -0.192. The Morgan fingerprint density at radius 2 is 1.40 bits per heavy atom. The average molecular weight is 584 g/mol. The van der Waals surface area contributed by atoms with E-state index in [1.165, 1.54) is 5.56 Å². The zero-order valence-corrected chi connectivity index (χ0v) is 23.0. The maximum absolute atomic E-state index is 12.9. The highest BCUT2D eigenvalue weighted by molar-refractivity contribution is 6.04. The molecule has 0 unspecified atom stereocenters. The summed E-state index contributed by atoms with van der Waals surface area (Å²) in [5.41, 5.74) is 4.09. The number of likely N-dealkylation sites (tertiary alicyclic amines) is 1. The van der Waals surface area contributed by atoms with Gasteiger partial charge in [-0.2, -0.15) is 13.2 Å². The second-order valence-electron chi connectivity index (χ2n) is 9.79. The van der Waals surface area contributed by atoms with Crippen LogP contribution < -0.4 is 10.6 Å². The van der Waals surface area contributed by atoms with Crippen molar-refractivity contribution in [3.05, 3.63) is 101 Å². The van der Waals surface area contributed by atoms with Gasteiger partial charge in [0, 0.05) is 42.4 Å². The number of piperidine rings is 1. The minimum Gasteiger partial charge on any atom is -0.475 e. The number of nitrogens with one attached hydrogen (secondary N) is 2. The van der Waals surface area contributed by atoms with E-state index in [4.69, 9.17) is 9.90 Å². The minimum absolute atomic E-state index is 0.0515. The standard InChI is InChI=1S/C29H31N3O3.C2HF3O2/c1-21-7-9-23(10-8-21)28(34)31-26-13-11-25(12-14-26)29(35)32-19-16-24(17-20-32)27(33)30-18-15-22-5-3-2-4-6-22;3-2(4,5)1(6)7/h2-14,24H,15-20H2,1H3,(H,30,33)(H,31,34);(H,6,7). The molecule has 3 aromatic carbocycles. The number of halogens is 3. The Bertz CT molecular complexity index is 1350. The normalized spacial score (nSPS) is 13.4. The number of anilines is 1. The van der Waals surface area contributed by atoms with Crippen LogP contribution in [0.4, 0.5) is 18.9 Å². The molecule has 0 aliphatic carbocycles. The van der Waals surface area contributed by atoms with Crippen LogP contribution in [0, 0.1) is 12.8 Å². The molecule has 0 aromatic heterocycles. The van der Waals surface area contributed by atoms with Crippen molar-refractivity contribution >= 4 is 29.4 Å². The van der Waals surface area contributed by atoms with E-state index in [0.717, 1.165) is 12.0 Å². The highest BCUT2D eigenvalue weighted by Gasteiger charge is 2.38. The fourth-order valence-corrected chi connectivity index (χ4v) is 4.25. The van der Waals surface area contributed by atoms with Gasteiger partial charge in [0.1, 0.15) is 0 Å². The number of hydrogen-bond acceptors (Lipinski definition) is 4. The zero-order valence-electron chi connectivity index (χ0n) is 23.0. The molecular weight excluding hydrogens is 551 g/mol. The fourth-order valence-electron chi connectivity index (χ4n) is 4.25.